The van der Waals surface area contributed by atoms with Crippen molar-refractivity contribution in [2.24, 2.45) is 0 Å². The average molecular weight is 1760 g/mol. The van der Waals surface area contributed by atoms with Crippen LogP contribution < -0.4 is 16.4 Å². The topological polar surface area (TPSA) is 518 Å². The van der Waals surface area contributed by atoms with Crippen molar-refractivity contribution in [2.75, 3.05) is 96.5 Å². The molecule has 2 aliphatic carbocycles. The summed E-state index contributed by atoms with van der Waals surface area (Å²) in [6.45, 7) is 7.87. The van der Waals surface area contributed by atoms with Gasteiger partial charge in [-0.1, -0.05) is 0 Å². The van der Waals surface area contributed by atoms with Gasteiger partial charge in [0.1, 0.15) is 74.0 Å². The molecule has 668 valence electrons. The van der Waals surface area contributed by atoms with Crippen molar-refractivity contribution in [3.05, 3.63) is 38.0 Å². The summed E-state index contributed by atoms with van der Waals surface area (Å²) in [5.74, 6) is -0.929. The number of carbonyl (C=O) groups excluding carboxylic acids is 4. The molecule has 0 bridgehead atoms. The molecule has 6 N–H and O–H groups in total. The van der Waals surface area contributed by atoms with Crippen LogP contribution in [0.15, 0.2) is 38.0 Å². The lowest BCUT2D eigenvalue weighted by molar-refractivity contribution is -0.252. The van der Waals surface area contributed by atoms with Crippen LogP contribution in [0.4, 0.5) is 54.2 Å². The number of anilines is 3. The van der Waals surface area contributed by atoms with Gasteiger partial charge in [-0.25, -0.2) is 109 Å². The van der Waals surface area contributed by atoms with Gasteiger partial charge < -0.3 is 97.6 Å². The number of aromatic nitrogens is 12. The van der Waals surface area contributed by atoms with Crippen LogP contribution in [0.5, 0.6) is 0 Å². The molecule has 13 rings (SSSR count). The van der Waals surface area contributed by atoms with Gasteiger partial charge in [-0.3, -0.25) is 22.7 Å². The lowest BCUT2D eigenvalue weighted by Gasteiger charge is -2.34. The van der Waals surface area contributed by atoms with Crippen LogP contribution >= 0.6 is 15.6 Å². The van der Waals surface area contributed by atoms with E-state index in [1.807, 2.05) is 6.92 Å². The second-order valence-corrected chi connectivity index (χ2v) is 33.6. The Bertz CT molecular complexity index is 4610. The van der Waals surface area contributed by atoms with E-state index >= 15 is 8.78 Å². The molecule has 2 saturated carbocycles. The van der Waals surface area contributed by atoms with E-state index in [9.17, 15) is 47.3 Å². The SMILES string of the molecule is CC(C)OC(=O)OCOP(=O)(OCOC(=O)OC(C)C)OC[C@@]1(CF)O[C@@H](n2cnc3c(N)ncnc32)[C@](C)(F)[C@@H]1O.[3H]CCNc1ncnc2c1ncn2[C@@H]1O[C@@](CO)(CF)[C@H]2OC3(CCCC3)O[C@]21C.[3H]CCNc1ncnc2c1ncn2[C@@H]1O[C@](CF)(COP(=O)(OCOC(=O)OC(C)C)OCOC(=O)OC(C)C)[C@H]2OC3(CCCC3)O[C@]21C. The molecule has 5 aliphatic heterocycles. The number of aliphatic hydroxyl groups excluding tert-OH is 2. The number of ether oxygens (including phenoxy) is 15. The number of alkyl halides is 4. The number of imidazole rings is 3. The number of carbonyl (C=O) groups is 4. The monoisotopic (exact) mass is 1760 g/mol. The molecule has 5 saturated heterocycles. The molecule has 7 fully saturated rings. The molecule has 0 aromatic carbocycles. The van der Waals surface area contributed by atoms with E-state index in [2.05, 4.69) is 65.0 Å². The summed E-state index contributed by atoms with van der Waals surface area (Å²) in [5.41, 5.74) is -3.45. The van der Waals surface area contributed by atoms with Gasteiger partial charge in [0.05, 0.1) is 63.2 Å². The number of nitrogens with one attached hydrogen (secondary N) is 2. The van der Waals surface area contributed by atoms with Crippen LogP contribution in [0.25, 0.3) is 33.5 Å². The number of hydrogen-bond acceptors (Lipinski definition) is 41. The normalized spacial score (nSPS) is 28.0. The van der Waals surface area contributed by atoms with Gasteiger partial charge in [-0.15, -0.1) is 0 Å². The molecule has 7 aliphatic rings. The minimum absolute atomic E-state index is 0.0207. The van der Waals surface area contributed by atoms with Crippen molar-refractivity contribution < 1.29 is 157 Å². The molecule has 0 unspecified atom stereocenters. The van der Waals surface area contributed by atoms with Gasteiger partial charge in [-0.2, -0.15) is 0 Å². The van der Waals surface area contributed by atoms with Crippen LogP contribution in [0.1, 0.15) is 163 Å². The predicted octanol–water partition coefficient (Wildman–Crippen LogP) is 10.00. The Morgan fingerprint density at radius 2 is 0.858 bits per heavy atom. The second kappa shape index (κ2) is 37.8. The minimum Gasteiger partial charge on any atom is -0.432 e. The lowest BCUT2D eigenvalue weighted by atomic mass is 9.88. The molecule has 11 heterocycles. The van der Waals surface area contributed by atoms with Crippen LogP contribution in [-0.4, -0.2) is 261 Å². The second-order valence-electron chi connectivity index (χ2n) is 30.2. The quantitative estimate of drug-likeness (QED) is 0.00840. The van der Waals surface area contributed by atoms with Crippen molar-refractivity contribution in [1.29, 1.82) is 0 Å². The zero-order valence-corrected chi connectivity index (χ0v) is 69.4. The fraction of sp³-hybridized carbons (Fsp3) is 0.729. The van der Waals surface area contributed by atoms with E-state index in [1.54, 1.807) is 50.1 Å². The average Bonchev–Trinajstić information content (AvgIpc) is 1.54. The highest BCUT2D eigenvalue weighted by molar-refractivity contribution is 7.48. The predicted molar refractivity (Wildman–Crippen MR) is 401 cm³/mol. The van der Waals surface area contributed by atoms with Crippen LogP contribution in [0.2, 0.25) is 0 Å². The van der Waals surface area contributed by atoms with Crippen molar-refractivity contribution in [3.8, 4) is 0 Å². The number of phosphoric acid groups is 2. The van der Waals surface area contributed by atoms with Crippen molar-refractivity contribution in [3.63, 3.8) is 0 Å². The number of phosphoric ester groups is 2. The molecule has 120 heavy (non-hydrogen) atoms. The maximum Gasteiger partial charge on any atom is 0.510 e. The van der Waals surface area contributed by atoms with Crippen LogP contribution in [0, 0.1) is 0 Å². The fourth-order valence-electron chi connectivity index (χ4n) is 14.8. The van der Waals surface area contributed by atoms with Crippen molar-refractivity contribution in [2.45, 2.75) is 248 Å². The van der Waals surface area contributed by atoms with Crippen LogP contribution in [-0.2, 0) is 107 Å². The summed E-state index contributed by atoms with van der Waals surface area (Å²) in [7, 11) is -9.71. The summed E-state index contributed by atoms with van der Waals surface area (Å²) in [6.07, 6.45) is -0.493. The minimum atomic E-state index is -4.90. The maximum atomic E-state index is 16.0. The smallest absolute Gasteiger partial charge is 0.432 e. The maximum absolute atomic E-state index is 16.0. The molecular weight excluding hydrogens is 1650 g/mol. The Balaban J connectivity index is 0.000000184. The number of nitrogen functional groups attached to an aromatic ring is 1. The fourth-order valence-corrected chi connectivity index (χ4v) is 16.7. The van der Waals surface area contributed by atoms with Gasteiger partial charge in [0.25, 0.3) is 0 Å². The highest BCUT2D eigenvalue weighted by Crippen LogP contribution is 2.63. The largest absolute Gasteiger partial charge is 0.510 e. The number of aliphatic hydroxyl groups is 2. The van der Waals surface area contributed by atoms with Crippen molar-refractivity contribution >= 4 is 91.2 Å². The molecular formula is C70H101F4N15O29P2. The lowest BCUT2D eigenvalue weighted by Crippen LogP contribution is -2.51. The standard InChI is InChI=1S/C29H43FN5O13P.C22H32F2N5O12P.C19H26FN5O4/c1-7-31-21-20-22(33-14-32-21)35(15-34-20)24-27(6)23(46-29(48-27)10-8-9-11-29)28(12-30,47-24)13-41-49(38,42-16-39-25(36)44-18(2)3)43-17-40-26(37)45-19(4)5;1-12(2)39-19(31)34-10-37-42(33,38-11-35-20(32)40-13(3)4)36-7-22(6-23)17(30)21(5,24)18(41-22)29-9-28-14-15(25)26-8-27-16(14)29;1-3-21-13-12-14(23-10-22-13)25(11-24-12)16-17(2)15(18(8-20,9-26)28-16)27-19(29-17)6-4-5-7-19/h14-15,18-19,23-24H,7-13,16-17H2,1-6H3,(H,31,32,33);8-9,12-13,17-18,30H,6-7,10-11H2,1-5H3,(H2,25,26,27);10-11,15-16,26H,3-9H2,1-2H3,(H,21,22,23)/t23-,24+,27+,28+;17-,18+,21+,22+;15-,16+,17+,18+/m000/s1/i1T;;1T. The number of halogens is 4. The third kappa shape index (κ3) is 19.5. The summed E-state index contributed by atoms with van der Waals surface area (Å²) >= 11 is 0. The Labute approximate surface area is 686 Å². The van der Waals surface area contributed by atoms with Gasteiger partial charge >= 0.3 is 40.3 Å². The molecule has 2 spiro atoms. The number of rotatable bonds is 33. The van der Waals surface area contributed by atoms with Crippen LogP contribution in [0.3, 0.4) is 0 Å². The van der Waals surface area contributed by atoms with Crippen molar-refractivity contribution in [1.82, 2.24) is 58.6 Å². The molecule has 6 aromatic heterocycles. The zero-order valence-electron chi connectivity index (χ0n) is 69.6. The van der Waals surface area contributed by atoms with Gasteiger partial charge in [0.2, 0.25) is 27.2 Å². The number of hydrogen-bond donors (Lipinski definition) is 5. The van der Waals surface area contributed by atoms with Gasteiger partial charge in [0, 0.05) is 41.5 Å². The summed E-state index contributed by atoms with van der Waals surface area (Å²) in [6, 6.07) is 0. The molecule has 0 amide bonds. The number of nitrogens with zero attached hydrogens (tertiary/aromatic N) is 12. The highest BCUT2D eigenvalue weighted by Gasteiger charge is 2.74. The number of fused-ring (bicyclic) bond motifs is 5. The molecule has 0 radical (unpaired) electrons. The molecule has 6 aromatic rings. The first kappa shape index (κ1) is 89.5. The van der Waals surface area contributed by atoms with E-state index in [4.69, 9.17) is 97.2 Å². The Morgan fingerprint density at radius 3 is 1.23 bits per heavy atom. The first-order valence-corrected chi connectivity index (χ1v) is 41.0. The van der Waals surface area contributed by atoms with E-state index in [0.717, 1.165) is 62.7 Å². The summed E-state index contributed by atoms with van der Waals surface area (Å²) in [5, 5.41) is 27.1. The molecule has 12 atom stereocenters. The Morgan fingerprint density at radius 1 is 0.517 bits per heavy atom. The Kier molecular flexibility index (Phi) is 28.2. The summed E-state index contributed by atoms with van der Waals surface area (Å²) in [4.78, 5) is 85.0. The van der Waals surface area contributed by atoms with E-state index in [-0.39, 0.29) is 30.8 Å². The molecule has 50 heteroatoms. The summed E-state index contributed by atoms with van der Waals surface area (Å²) < 4.78 is 220. The third-order valence-electron chi connectivity index (χ3n) is 19.9. The first-order chi connectivity index (χ1) is 57.9. The third-order valence-corrected chi connectivity index (χ3v) is 22.5. The van der Waals surface area contributed by atoms with E-state index in [0.29, 0.717) is 59.9 Å². The zero-order chi connectivity index (χ0) is 88.4. The first-order valence-electron chi connectivity index (χ1n) is 39.5. The van der Waals surface area contributed by atoms with E-state index < -0.39 is 214 Å². The Hall–Kier alpha value is -8.29. The van der Waals surface area contributed by atoms with E-state index in [1.165, 1.54) is 46.7 Å². The number of nitrogens with two attached hydrogens (primary N) is 1. The highest BCUT2D eigenvalue weighted by atomic mass is 31.2. The molecule has 44 nitrogen and oxygen atoms in total. The van der Waals surface area contributed by atoms with Gasteiger partial charge in [-0.05, 0) is 116 Å². The van der Waals surface area contributed by atoms with Gasteiger partial charge in [0.15, 0.2) is 98.2 Å².